The molecule has 0 aromatic heterocycles. The molecule has 0 saturated carbocycles. The molecule has 0 atom stereocenters. The second kappa shape index (κ2) is 10.7. The largest absolute Gasteiger partial charge is 0.497 e. The van der Waals surface area contributed by atoms with Crippen LogP contribution in [0.2, 0.25) is 0 Å². The normalized spacial score (nSPS) is 18.0. The Morgan fingerprint density at radius 2 is 1.55 bits per heavy atom. The maximum atomic E-state index is 12.9. The van der Waals surface area contributed by atoms with E-state index in [-0.39, 0.29) is 30.1 Å². The van der Waals surface area contributed by atoms with E-state index in [9.17, 15) is 9.59 Å². The molecule has 2 fully saturated rings. The minimum absolute atomic E-state index is 0. The fourth-order valence-electron chi connectivity index (χ4n) is 4.10. The second-order valence-corrected chi connectivity index (χ2v) is 7.60. The van der Waals surface area contributed by atoms with Crippen LogP contribution in [0.1, 0.15) is 36.0 Å². The van der Waals surface area contributed by atoms with Crippen molar-refractivity contribution in [2.24, 2.45) is 5.92 Å². The van der Waals surface area contributed by atoms with Crippen molar-refractivity contribution in [2.75, 3.05) is 47.4 Å². The van der Waals surface area contributed by atoms with E-state index in [1.165, 1.54) is 0 Å². The first-order valence-corrected chi connectivity index (χ1v) is 10.0. The molecule has 8 heteroatoms. The molecule has 2 heterocycles. The Bertz CT molecular complexity index is 679. The van der Waals surface area contributed by atoms with Crippen LogP contribution in [-0.4, -0.2) is 75.1 Å². The number of halogens is 1. The number of amides is 2. The summed E-state index contributed by atoms with van der Waals surface area (Å²) in [6.07, 6.45) is 3.44. The van der Waals surface area contributed by atoms with E-state index in [2.05, 4.69) is 5.32 Å². The molecule has 2 aliphatic heterocycles. The summed E-state index contributed by atoms with van der Waals surface area (Å²) in [5.74, 6) is 1.37. The molecule has 0 unspecified atom stereocenters. The van der Waals surface area contributed by atoms with Gasteiger partial charge in [0, 0.05) is 43.7 Å². The van der Waals surface area contributed by atoms with Crippen LogP contribution in [0.3, 0.4) is 0 Å². The van der Waals surface area contributed by atoms with Crippen molar-refractivity contribution in [1.29, 1.82) is 0 Å². The Morgan fingerprint density at radius 3 is 2.07 bits per heavy atom. The van der Waals surface area contributed by atoms with Crippen LogP contribution in [0.4, 0.5) is 0 Å². The summed E-state index contributed by atoms with van der Waals surface area (Å²) in [5.41, 5.74) is 0.549. The number of ether oxygens (including phenoxy) is 2. The smallest absolute Gasteiger partial charge is 0.254 e. The van der Waals surface area contributed by atoms with Gasteiger partial charge >= 0.3 is 0 Å². The lowest BCUT2D eigenvalue weighted by molar-refractivity contribution is -0.138. The van der Waals surface area contributed by atoms with Gasteiger partial charge in [0.1, 0.15) is 11.5 Å². The molecular weight excluding hydrogens is 394 g/mol. The standard InChI is InChI=1S/C21H31N3O4.ClH/c1-23(17-4-8-22-9-5-17)20(25)15-6-10-24(11-7-15)21(26)16-12-18(27-2)14-19(13-16)28-3;/h12-15,17,22H,4-11H2,1-3H3;1H. The molecule has 0 bridgehead atoms. The summed E-state index contributed by atoms with van der Waals surface area (Å²) in [6, 6.07) is 5.54. The summed E-state index contributed by atoms with van der Waals surface area (Å²) in [7, 11) is 5.07. The van der Waals surface area contributed by atoms with Gasteiger partial charge in [-0.15, -0.1) is 12.4 Å². The Hall–Kier alpha value is -1.99. The van der Waals surface area contributed by atoms with Gasteiger partial charge in [-0.05, 0) is 50.9 Å². The van der Waals surface area contributed by atoms with Crippen molar-refractivity contribution in [3.05, 3.63) is 23.8 Å². The number of carbonyl (C=O) groups is 2. The Kier molecular flexibility index (Phi) is 8.59. The lowest BCUT2D eigenvalue weighted by atomic mass is 9.93. The number of nitrogens with one attached hydrogen (secondary N) is 1. The number of carbonyl (C=O) groups excluding carboxylic acids is 2. The molecule has 0 aliphatic carbocycles. The highest BCUT2D eigenvalue weighted by molar-refractivity contribution is 5.95. The van der Waals surface area contributed by atoms with Crippen LogP contribution < -0.4 is 14.8 Å². The Morgan fingerprint density at radius 1 is 1.00 bits per heavy atom. The number of hydrogen-bond donors (Lipinski definition) is 1. The molecule has 0 radical (unpaired) electrons. The van der Waals surface area contributed by atoms with Gasteiger partial charge < -0.3 is 24.6 Å². The SMILES string of the molecule is COc1cc(OC)cc(C(=O)N2CCC(C(=O)N(C)C3CCNCC3)CC2)c1.Cl. The molecule has 0 spiro atoms. The highest BCUT2D eigenvalue weighted by Gasteiger charge is 2.32. The first-order valence-electron chi connectivity index (χ1n) is 10.0. The van der Waals surface area contributed by atoms with E-state index in [1.807, 2.05) is 16.8 Å². The molecule has 2 saturated heterocycles. The lowest BCUT2D eigenvalue weighted by Crippen LogP contribution is -2.48. The van der Waals surface area contributed by atoms with Gasteiger partial charge in [-0.1, -0.05) is 0 Å². The first-order chi connectivity index (χ1) is 13.5. The van der Waals surface area contributed by atoms with Crippen LogP contribution >= 0.6 is 12.4 Å². The maximum absolute atomic E-state index is 12.9. The number of hydrogen-bond acceptors (Lipinski definition) is 5. The molecule has 2 amide bonds. The predicted molar refractivity (Wildman–Crippen MR) is 114 cm³/mol. The van der Waals surface area contributed by atoms with Gasteiger partial charge in [0.25, 0.3) is 5.91 Å². The quantitative estimate of drug-likeness (QED) is 0.783. The molecule has 2 aliphatic rings. The second-order valence-electron chi connectivity index (χ2n) is 7.60. The van der Waals surface area contributed by atoms with Crippen molar-refractivity contribution >= 4 is 24.2 Å². The van der Waals surface area contributed by atoms with E-state index in [0.29, 0.717) is 49.0 Å². The summed E-state index contributed by atoms with van der Waals surface area (Å²) in [4.78, 5) is 29.5. The van der Waals surface area contributed by atoms with Crippen molar-refractivity contribution in [3.8, 4) is 11.5 Å². The van der Waals surface area contributed by atoms with Crippen LogP contribution in [0.25, 0.3) is 0 Å². The van der Waals surface area contributed by atoms with Gasteiger partial charge in [0.2, 0.25) is 5.91 Å². The minimum Gasteiger partial charge on any atom is -0.497 e. The number of rotatable bonds is 5. The van der Waals surface area contributed by atoms with E-state index >= 15 is 0 Å². The van der Waals surface area contributed by atoms with E-state index < -0.39 is 0 Å². The zero-order chi connectivity index (χ0) is 20.1. The number of nitrogens with zero attached hydrogens (tertiary/aromatic N) is 2. The monoisotopic (exact) mass is 425 g/mol. The van der Waals surface area contributed by atoms with E-state index in [4.69, 9.17) is 9.47 Å². The third-order valence-corrected chi connectivity index (χ3v) is 5.93. The van der Waals surface area contributed by atoms with Crippen LogP contribution in [-0.2, 0) is 4.79 Å². The minimum atomic E-state index is -0.0465. The van der Waals surface area contributed by atoms with Gasteiger partial charge in [0.15, 0.2) is 0 Å². The van der Waals surface area contributed by atoms with E-state index in [1.54, 1.807) is 32.4 Å². The summed E-state index contributed by atoms with van der Waals surface area (Å²) in [6.45, 7) is 3.13. The molecule has 1 aromatic carbocycles. The van der Waals surface area contributed by atoms with Gasteiger partial charge in [-0.3, -0.25) is 9.59 Å². The third-order valence-electron chi connectivity index (χ3n) is 5.93. The summed E-state index contributed by atoms with van der Waals surface area (Å²) < 4.78 is 10.5. The van der Waals surface area contributed by atoms with E-state index in [0.717, 1.165) is 25.9 Å². The molecule has 1 aromatic rings. The van der Waals surface area contributed by atoms with Crippen molar-refractivity contribution < 1.29 is 19.1 Å². The van der Waals surface area contributed by atoms with Crippen molar-refractivity contribution in [2.45, 2.75) is 31.7 Å². The number of likely N-dealkylation sites (tertiary alicyclic amines) is 1. The first kappa shape index (κ1) is 23.3. The number of piperidine rings is 2. The average molecular weight is 426 g/mol. The van der Waals surface area contributed by atoms with Crippen LogP contribution in [0.5, 0.6) is 11.5 Å². The van der Waals surface area contributed by atoms with Crippen LogP contribution in [0, 0.1) is 5.92 Å². The highest BCUT2D eigenvalue weighted by atomic mass is 35.5. The Balaban J connectivity index is 0.00000300. The van der Waals surface area contributed by atoms with Gasteiger partial charge in [0.05, 0.1) is 14.2 Å². The zero-order valence-corrected chi connectivity index (χ0v) is 18.3. The van der Waals surface area contributed by atoms with Crippen LogP contribution in [0.15, 0.2) is 18.2 Å². The molecular formula is C21H32ClN3O4. The summed E-state index contributed by atoms with van der Waals surface area (Å²) in [5, 5.41) is 3.34. The summed E-state index contributed by atoms with van der Waals surface area (Å²) >= 11 is 0. The topological polar surface area (TPSA) is 71.1 Å². The maximum Gasteiger partial charge on any atom is 0.254 e. The lowest BCUT2D eigenvalue weighted by Gasteiger charge is -2.37. The number of methoxy groups -OCH3 is 2. The Labute approximate surface area is 179 Å². The predicted octanol–water partition coefficient (Wildman–Crippen LogP) is 2.19. The highest BCUT2D eigenvalue weighted by Crippen LogP contribution is 2.26. The van der Waals surface area contributed by atoms with Gasteiger partial charge in [-0.2, -0.15) is 0 Å². The average Bonchev–Trinajstić information content (AvgIpc) is 2.77. The third kappa shape index (κ3) is 5.54. The molecule has 1 N–H and O–H groups in total. The molecule has 3 rings (SSSR count). The fraction of sp³-hybridized carbons (Fsp3) is 0.619. The van der Waals surface area contributed by atoms with Crippen molar-refractivity contribution in [1.82, 2.24) is 15.1 Å². The molecule has 162 valence electrons. The van der Waals surface area contributed by atoms with Crippen molar-refractivity contribution in [3.63, 3.8) is 0 Å². The van der Waals surface area contributed by atoms with Gasteiger partial charge in [-0.25, -0.2) is 0 Å². The molecule has 29 heavy (non-hydrogen) atoms. The fourth-order valence-corrected chi connectivity index (χ4v) is 4.10. The zero-order valence-electron chi connectivity index (χ0n) is 17.5. The molecule has 7 nitrogen and oxygen atoms in total. The number of benzene rings is 1.